The summed E-state index contributed by atoms with van der Waals surface area (Å²) in [6.45, 7) is 5.98. The summed E-state index contributed by atoms with van der Waals surface area (Å²) in [4.78, 5) is 38.5. The van der Waals surface area contributed by atoms with Crippen molar-refractivity contribution < 1.29 is 19.1 Å². The Kier molecular flexibility index (Phi) is 25.5. The number of allylic oxidation sites excluding steroid dienone is 5. The second-order valence-electron chi connectivity index (χ2n) is 13.3. The van der Waals surface area contributed by atoms with Crippen LogP contribution in [0.5, 0.6) is 0 Å². The summed E-state index contributed by atoms with van der Waals surface area (Å²) in [5.41, 5.74) is -1.04. The van der Waals surface area contributed by atoms with Gasteiger partial charge in [0, 0.05) is 19.3 Å². The van der Waals surface area contributed by atoms with Crippen molar-refractivity contribution in [3.05, 3.63) is 36.5 Å². The molecule has 0 spiro atoms. The van der Waals surface area contributed by atoms with Gasteiger partial charge in [-0.3, -0.25) is 14.4 Å². The Hall–Kier alpha value is -2.17. The van der Waals surface area contributed by atoms with E-state index in [9.17, 15) is 14.4 Å². The summed E-state index contributed by atoms with van der Waals surface area (Å²) >= 11 is 0. The molecule has 1 rings (SSSR count). The zero-order valence-electron chi connectivity index (χ0n) is 29.6. The van der Waals surface area contributed by atoms with Gasteiger partial charge in [0.25, 0.3) is 0 Å². The van der Waals surface area contributed by atoms with Crippen molar-refractivity contribution in [3.8, 4) is 0 Å². The molecule has 1 N–H and O–H groups in total. The normalized spacial score (nSPS) is 17.2. The van der Waals surface area contributed by atoms with Gasteiger partial charge in [-0.1, -0.05) is 147 Å². The van der Waals surface area contributed by atoms with Gasteiger partial charge in [-0.2, -0.15) is 0 Å². The number of esters is 1. The third-order valence-electron chi connectivity index (χ3n) is 8.97. The molecule has 0 saturated carbocycles. The second-order valence-corrected chi connectivity index (χ2v) is 13.3. The average molecular weight is 628 g/mol. The van der Waals surface area contributed by atoms with Crippen LogP contribution in [0.1, 0.15) is 188 Å². The molecule has 0 bridgehead atoms. The number of Topliss-reactive ketones (excluding diaryl/α,β-unsaturated/α-hetero) is 1. The smallest absolute Gasteiger partial charge is 0.307 e. The van der Waals surface area contributed by atoms with Crippen LogP contribution >= 0.6 is 0 Å². The molecule has 45 heavy (non-hydrogen) atoms. The highest BCUT2D eigenvalue weighted by molar-refractivity contribution is 6.00. The molecule has 5 nitrogen and oxygen atoms in total. The van der Waals surface area contributed by atoms with Crippen LogP contribution in [0.25, 0.3) is 0 Å². The standard InChI is InChI=1S/C40H69NO4/c1-4-6-8-10-12-14-16-17-18-19-20-22-24-26-29-33-38(43)45-40(34-30-27-31-35-40)41-39(44)37(36(3)42)32-28-25-23-21-15-13-11-9-7-5-2/h12,14,17-18,27,30,37H,4-11,13,15-16,19-26,28-29,31-35H2,1-3H3,(H,41,44)/b14-12-,18-17-. The highest BCUT2D eigenvalue weighted by Gasteiger charge is 2.38. The van der Waals surface area contributed by atoms with Gasteiger partial charge in [0.15, 0.2) is 5.72 Å². The number of hydrogen-bond acceptors (Lipinski definition) is 4. The summed E-state index contributed by atoms with van der Waals surface area (Å²) in [6, 6.07) is 0. The van der Waals surface area contributed by atoms with Crippen LogP contribution in [0.15, 0.2) is 36.5 Å². The first-order chi connectivity index (χ1) is 21.9. The first-order valence-electron chi connectivity index (χ1n) is 18.9. The minimum Gasteiger partial charge on any atom is -0.439 e. The van der Waals surface area contributed by atoms with Crippen LogP contribution in [-0.4, -0.2) is 23.4 Å². The maximum Gasteiger partial charge on any atom is 0.307 e. The molecule has 0 aromatic rings. The predicted octanol–water partition coefficient (Wildman–Crippen LogP) is 11.4. The lowest BCUT2D eigenvalue weighted by Gasteiger charge is -2.36. The first-order valence-corrected chi connectivity index (χ1v) is 18.9. The van der Waals surface area contributed by atoms with Crippen molar-refractivity contribution >= 4 is 17.7 Å². The Labute approximate surface area is 277 Å². The third kappa shape index (κ3) is 22.1. The largest absolute Gasteiger partial charge is 0.439 e. The van der Waals surface area contributed by atoms with Gasteiger partial charge in [0.05, 0.1) is 5.92 Å². The van der Waals surface area contributed by atoms with Crippen LogP contribution < -0.4 is 5.32 Å². The molecule has 0 saturated heterocycles. The highest BCUT2D eigenvalue weighted by atomic mass is 16.6. The number of amides is 1. The molecule has 1 amide bonds. The molecule has 5 heteroatoms. The molecule has 0 aliphatic heterocycles. The lowest BCUT2D eigenvalue weighted by atomic mass is 9.92. The average Bonchev–Trinajstić information content (AvgIpc) is 3.01. The number of ether oxygens (including phenoxy) is 1. The van der Waals surface area contributed by atoms with Crippen molar-refractivity contribution in [2.75, 3.05) is 0 Å². The fraction of sp³-hybridized carbons (Fsp3) is 0.775. The van der Waals surface area contributed by atoms with E-state index in [1.165, 1.54) is 90.4 Å². The lowest BCUT2D eigenvalue weighted by Crippen LogP contribution is -2.54. The molecule has 0 fully saturated rings. The maximum absolute atomic E-state index is 13.3. The van der Waals surface area contributed by atoms with E-state index in [2.05, 4.69) is 49.5 Å². The van der Waals surface area contributed by atoms with E-state index in [4.69, 9.17) is 4.74 Å². The topological polar surface area (TPSA) is 72.5 Å². The Bertz CT molecular complexity index is 860. The van der Waals surface area contributed by atoms with Crippen molar-refractivity contribution in [2.24, 2.45) is 5.92 Å². The quantitative estimate of drug-likeness (QED) is 0.0294. The second kappa shape index (κ2) is 28.1. The number of carbonyl (C=O) groups excluding carboxylic acids is 3. The molecule has 2 atom stereocenters. The maximum atomic E-state index is 13.3. The van der Waals surface area contributed by atoms with Gasteiger partial charge in [0.1, 0.15) is 5.78 Å². The van der Waals surface area contributed by atoms with Crippen LogP contribution in [0, 0.1) is 5.92 Å². The minimum absolute atomic E-state index is 0.110. The van der Waals surface area contributed by atoms with Gasteiger partial charge < -0.3 is 10.1 Å². The molecule has 0 heterocycles. The van der Waals surface area contributed by atoms with E-state index in [1.807, 2.05) is 6.08 Å². The predicted molar refractivity (Wildman–Crippen MR) is 190 cm³/mol. The van der Waals surface area contributed by atoms with Gasteiger partial charge in [-0.15, -0.1) is 0 Å². The van der Waals surface area contributed by atoms with Crippen LogP contribution in [0.2, 0.25) is 0 Å². The first kappa shape index (κ1) is 40.9. The number of unbranched alkanes of at least 4 members (excludes halogenated alkanes) is 17. The van der Waals surface area contributed by atoms with Crippen LogP contribution in [-0.2, 0) is 19.1 Å². The van der Waals surface area contributed by atoms with Crippen molar-refractivity contribution in [3.63, 3.8) is 0 Å². The van der Waals surface area contributed by atoms with E-state index in [0.717, 1.165) is 57.8 Å². The summed E-state index contributed by atoms with van der Waals surface area (Å²) < 4.78 is 5.96. The van der Waals surface area contributed by atoms with Crippen LogP contribution in [0.3, 0.4) is 0 Å². The zero-order chi connectivity index (χ0) is 32.9. The monoisotopic (exact) mass is 628 g/mol. The Morgan fingerprint density at radius 1 is 0.711 bits per heavy atom. The molecule has 0 aromatic heterocycles. The number of nitrogens with one attached hydrogen (secondary N) is 1. The van der Waals surface area contributed by atoms with E-state index in [1.54, 1.807) is 0 Å². The fourth-order valence-electron chi connectivity index (χ4n) is 6.06. The van der Waals surface area contributed by atoms with Gasteiger partial charge in [-0.05, 0) is 58.3 Å². The van der Waals surface area contributed by atoms with E-state index >= 15 is 0 Å². The van der Waals surface area contributed by atoms with Crippen molar-refractivity contribution in [1.29, 1.82) is 0 Å². The molecule has 0 radical (unpaired) electrons. The van der Waals surface area contributed by atoms with Crippen molar-refractivity contribution in [2.45, 2.75) is 193 Å². The highest BCUT2D eigenvalue weighted by Crippen LogP contribution is 2.27. The Morgan fingerprint density at radius 2 is 1.24 bits per heavy atom. The van der Waals surface area contributed by atoms with Gasteiger partial charge in [-0.25, -0.2) is 0 Å². The number of rotatable bonds is 29. The zero-order valence-corrected chi connectivity index (χ0v) is 29.6. The Morgan fingerprint density at radius 3 is 1.82 bits per heavy atom. The molecular formula is C40H69NO4. The lowest BCUT2D eigenvalue weighted by molar-refractivity contribution is -0.168. The molecular weight excluding hydrogens is 558 g/mol. The molecule has 0 aromatic carbocycles. The molecule has 2 unspecified atom stereocenters. The van der Waals surface area contributed by atoms with E-state index < -0.39 is 11.6 Å². The third-order valence-corrected chi connectivity index (χ3v) is 8.97. The summed E-state index contributed by atoms with van der Waals surface area (Å²) in [5, 5.41) is 3.02. The van der Waals surface area contributed by atoms with Gasteiger partial charge >= 0.3 is 5.97 Å². The van der Waals surface area contributed by atoms with E-state index in [-0.39, 0.29) is 17.7 Å². The fourth-order valence-corrected chi connectivity index (χ4v) is 6.06. The summed E-state index contributed by atoms with van der Waals surface area (Å²) in [7, 11) is 0. The van der Waals surface area contributed by atoms with E-state index in [0.29, 0.717) is 25.7 Å². The van der Waals surface area contributed by atoms with Crippen molar-refractivity contribution in [1.82, 2.24) is 5.32 Å². The molecule has 258 valence electrons. The molecule has 1 aliphatic carbocycles. The number of hydrogen-bond donors (Lipinski definition) is 1. The number of ketones is 1. The SMILES string of the molecule is CCCCC/C=C\C/C=C\CCCCCCCC(=O)OC1(NC(=O)C(CCCCCCCCCCCC)C(C)=O)CC=CCC1. The summed E-state index contributed by atoms with van der Waals surface area (Å²) in [6.07, 6.45) is 40.5. The summed E-state index contributed by atoms with van der Waals surface area (Å²) in [5.74, 6) is -1.34. The van der Waals surface area contributed by atoms with Gasteiger partial charge in [0.2, 0.25) is 5.91 Å². The Balaban J connectivity index is 2.31. The number of carbonyl (C=O) groups is 3. The minimum atomic E-state index is -1.04. The molecule has 1 aliphatic rings. The van der Waals surface area contributed by atoms with Crippen LogP contribution in [0.4, 0.5) is 0 Å².